The van der Waals surface area contributed by atoms with Crippen molar-refractivity contribution in [3.8, 4) is 5.75 Å². The molecule has 1 saturated heterocycles. The Labute approximate surface area is 169 Å². The first-order chi connectivity index (χ1) is 13.8. The van der Waals surface area contributed by atoms with Gasteiger partial charge in [0.15, 0.2) is 0 Å². The van der Waals surface area contributed by atoms with Gasteiger partial charge < -0.3 is 19.1 Å². The number of rotatable bonds is 10. The number of methoxy groups -OCH3 is 2. The summed E-state index contributed by atoms with van der Waals surface area (Å²) in [5.41, 5.74) is 0.388. The van der Waals surface area contributed by atoms with Gasteiger partial charge in [-0.25, -0.2) is 17.2 Å². The van der Waals surface area contributed by atoms with Gasteiger partial charge in [-0.2, -0.15) is 4.31 Å². The van der Waals surface area contributed by atoms with Crippen LogP contribution >= 0.6 is 0 Å². The molecule has 1 amide bonds. The van der Waals surface area contributed by atoms with Gasteiger partial charge in [-0.3, -0.25) is 4.79 Å². The zero-order chi connectivity index (χ0) is 21.4. The number of nitrogens with zero attached hydrogens (tertiary/aromatic N) is 2. The molecule has 1 aromatic carbocycles. The summed E-state index contributed by atoms with van der Waals surface area (Å²) < 4.78 is 68.1. The molecule has 0 unspecified atom stereocenters. The van der Waals surface area contributed by atoms with Crippen LogP contribution in [0.3, 0.4) is 0 Å². The van der Waals surface area contributed by atoms with Crippen molar-refractivity contribution in [3.05, 3.63) is 23.8 Å². The standard InChI is InChI=1S/C18H26F2N2O6S/c1-26-8-5-21(13-17(19)20)18(23)12-14-3-4-15(27-2)16(11-14)29(24,25)22-6-9-28-10-7-22/h3-4,11,17H,5-10,12-13H2,1-2H3. The van der Waals surface area contributed by atoms with E-state index in [1.165, 1.54) is 30.7 Å². The Bertz CT molecular complexity index is 785. The number of hydrogen-bond acceptors (Lipinski definition) is 6. The van der Waals surface area contributed by atoms with E-state index in [2.05, 4.69) is 0 Å². The minimum Gasteiger partial charge on any atom is -0.495 e. The minimum atomic E-state index is -3.85. The smallest absolute Gasteiger partial charge is 0.255 e. The Morgan fingerprint density at radius 1 is 1.28 bits per heavy atom. The lowest BCUT2D eigenvalue weighted by Gasteiger charge is -2.27. The van der Waals surface area contributed by atoms with Crippen LogP contribution in [-0.2, 0) is 30.7 Å². The highest BCUT2D eigenvalue weighted by molar-refractivity contribution is 7.89. The number of alkyl halides is 2. The molecular weight excluding hydrogens is 410 g/mol. The molecule has 1 heterocycles. The van der Waals surface area contributed by atoms with E-state index in [0.717, 1.165) is 4.90 Å². The van der Waals surface area contributed by atoms with Gasteiger partial charge >= 0.3 is 0 Å². The molecular formula is C18H26F2N2O6S. The molecule has 0 bridgehead atoms. The van der Waals surface area contributed by atoms with Crippen molar-refractivity contribution in [1.29, 1.82) is 0 Å². The Morgan fingerprint density at radius 2 is 1.97 bits per heavy atom. The Hall–Kier alpha value is -1.82. The second-order valence-electron chi connectivity index (χ2n) is 6.40. The van der Waals surface area contributed by atoms with Crippen LogP contribution in [-0.4, -0.2) is 90.2 Å². The largest absolute Gasteiger partial charge is 0.495 e. The van der Waals surface area contributed by atoms with Gasteiger partial charge in [0.05, 0.1) is 39.9 Å². The molecule has 1 fully saturated rings. The van der Waals surface area contributed by atoms with Gasteiger partial charge in [-0.1, -0.05) is 6.07 Å². The van der Waals surface area contributed by atoms with E-state index < -0.39 is 28.9 Å². The zero-order valence-corrected chi connectivity index (χ0v) is 17.3. The average Bonchev–Trinajstić information content (AvgIpc) is 2.71. The number of carbonyl (C=O) groups is 1. The van der Waals surface area contributed by atoms with Gasteiger partial charge in [0.25, 0.3) is 6.43 Å². The molecule has 1 aromatic rings. The molecule has 0 aliphatic carbocycles. The summed E-state index contributed by atoms with van der Waals surface area (Å²) >= 11 is 0. The normalized spacial score (nSPS) is 15.5. The quantitative estimate of drug-likeness (QED) is 0.544. The molecule has 0 N–H and O–H groups in total. The van der Waals surface area contributed by atoms with Crippen molar-refractivity contribution in [3.63, 3.8) is 0 Å². The summed E-state index contributed by atoms with van der Waals surface area (Å²) in [4.78, 5) is 13.4. The van der Waals surface area contributed by atoms with Crippen LogP contribution in [0.4, 0.5) is 8.78 Å². The van der Waals surface area contributed by atoms with E-state index >= 15 is 0 Å². The topological polar surface area (TPSA) is 85.4 Å². The van der Waals surface area contributed by atoms with Crippen molar-refractivity contribution in [2.45, 2.75) is 17.7 Å². The van der Waals surface area contributed by atoms with Crippen LogP contribution in [0.15, 0.2) is 23.1 Å². The van der Waals surface area contributed by atoms with E-state index in [4.69, 9.17) is 14.2 Å². The maximum atomic E-state index is 13.0. The fourth-order valence-electron chi connectivity index (χ4n) is 2.93. The van der Waals surface area contributed by atoms with Crippen molar-refractivity contribution in [2.24, 2.45) is 0 Å². The summed E-state index contributed by atoms with van der Waals surface area (Å²) in [6.07, 6.45) is -2.89. The predicted octanol–water partition coefficient (Wildman–Crippen LogP) is 0.999. The number of sulfonamides is 1. The molecule has 1 aliphatic rings. The van der Waals surface area contributed by atoms with Crippen molar-refractivity contribution in [1.82, 2.24) is 9.21 Å². The number of amides is 1. The van der Waals surface area contributed by atoms with Crippen molar-refractivity contribution in [2.75, 3.05) is 60.2 Å². The zero-order valence-electron chi connectivity index (χ0n) is 16.5. The molecule has 11 heteroatoms. The lowest BCUT2D eigenvalue weighted by atomic mass is 10.1. The number of carbonyl (C=O) groups excluding carboxylic acids is 1. The number of ether oxygens (including phenoxy) is 3. The predicted molar refractivity (Wildman–Crippen MR) is 101 cm³/mol. The van der Waals surface area contributed by atoms with Crippen molar-refractivity contribution >= 4 is 15.9 Å². The first kappa shape index (κ1) is 23.5. The fourth-order valence-corrected chi connectivity index (χ4v) is 4.54. The Balaban J connectivity index is 2.25. The molecule has 0 aromatic heterocycles. The number of halogens is 2. The third kappa shape index (κ3) is 6.33. The lowest BCUT2D eigenvalue weighted by Crippen LogP contribution is -2.40. The summed E-state index contributed by atoms with van der Waals surface area (Å²) in [6, 6.07) is 4.37. The molecule has 29 heavy (non-hydrogen) atoms. The Kier molecular flexibility index (Phi) is 8.75. The van der Waals surface area contributed by atoms with Gasteiger partial charge in [0, 0.05) is 26.7 Å². The second kappa shape index (κ2) is 10.8. The third-order valence-corrected chi connectivity index (χ3v) is 6.37. The first-order valence-corrected chi connectivity index (χ1v) is 10.5. The first-order valence-electron chi connectivity index (χ1n) is 9.09. The highest BCUT2D eigenvalue weighted by Gasteiger charge is 2.30. The summed E-state index contributed by atoms with van der Waals surface area (Å²) in [6.45, 7) is 0.453. The second-order valence-corrected chi connectivity index (χ2v) is 8.31. The van der Waals surface area contributed by atoms with E-state index in [9.17, 15) is 22.0 Å². The molecule has 0 saturated carbocycles. The van der Waals surface area contributed by atoms with Crippen LogP contribution in [0.25, 0.3) is 0 Å². The van der Waals surface area contributed by atoms with Gasteiger partial charge in [0.2, 0.25) is 15.9 Å². The number of benzene rings is 1. The van der Waals surface area contributed by atoms with Crippen molar-refractivity contribution < 1.29 is 36.2 Å². The van der Waals surface area contributed by atoms with Crippen LogP contribution in [0.2, 0.25) is 0 Å². The van der Waals surface area contributed by atoms with Crippen LogP contribution in [0.5, 0.6) is 5.75 Å². The maximum Gasteiger partial charge on any atom is 0.255 e. The molecule has 8 nitrogen and oxygen atoms in total. The highest BCUT2D eigenvalue weighted by Crippen LogP contribution is 2.28. The van der Waals surface area contributed by atoms with E-state index in [1.54, 1.807) is 6.07 Å². The highest BCUT2D eigenvalue weighted by atomic mass is 32.2. The monoisotopic (exact) mass is 436 g/mol. The van der Waals surface area contributed by atoms with Gasteiger partial charge in [0.1, 0.15) is 10.6 Å². The van der Waals surface area contributed by atoms with E-state index in [0.29, 0.717) is 18.8 Å². The lowest BCUT2D eigenvalue weighted by molar-refractivity contribution is -0.133. The number of hydrogen-bond donors (Lipinski definition) is 0. The van der Waals surface area contributed by atoms with Crippen LogP contribution in [0, 0.1) is 0 Å². The molecule has 0 radical (unpaired) electrons. The molecule has 0 spiro atoms. The van der Waals surface area contributed by atoms with Gasteiger partial charge in [-0.05, 0) is 17.7 Å². The summed E-state index contributed by atoms with van der Waals surface area (Å²) in [5.74, 6) is -0.390. The molecule has 1 aliphatic heterocycles. The van der Waals surface area contributed by atoms with Gasteiger partial charge in [-0.15, -0.1) is 0 Å². The summed E-state index contributed by atoms with van der Waals surface area (Å²) in [7, 11) is -1.08. The van der Waals surface area contributed by atoms with E-state index in [-0.39, 0.29) is 43.3 Å². The van der Waals surface area contributed by atoms with Crippen LogP contribution < -0.4 is 4.74 Å². The third-order valence-electron chi connectivity index (χ3n) is 4.45. The average molecular weight is 436 g/mol. The SMILES string of the molecule is COCCN(CC(F)F)C(=O)Cc1ccc(OC)c(S(=O)(=O)N2CCOCC2)c1. The maximum absolute atomic E-state index is 13.0. The minimum absolute atomic E-state index is 0.0226. The fraction of sp³-hybridized carbons (Fsp3) is 0.611. The molecule has 164 valence electrons. The molecule has 0 atom stereocenters. The Morgan fingerprint density at radius 3 is 2.55 bits per heavy atom. The number of morpholine rings is 1. The molecule has 2 rings (SSSR count). The van der Waals surface area contributed by atoms with Crippen LogP contribution in [0.1, 0.15) is 5.56 Å². The summed E-state index contributed by atoms with van der Waals surface area (Å²) in [5, 5.41) is 0. The van der Waals surface area contributed by atoms with E-state index in [1.807, 2.05) is 0 Å².